The van der Waals surface area contributed by atoms with Gasteiger partial charge in [0.15, 0.2) is 0 Å². The highest BCUT2D eigenvalue weighted by Gasteiger charge is 2.32. The molecule has 1 fully saturated rings. The van der Waals surface area contributed by atoms with Crippen LogP contribution in [0.1, 0.15) is 25.3 Å². The average Bonchev–Trinajstić information content (AvgIpc) is 2.89. The van der Waals surface area contributed by atoms with E-state index in [4.69, 9.17) is 34.3 Å². The molecule has 0 aromatic heterocycles. The van der Waals surface area contributed by atoms with Crippen LogP contribution in [0.2, 0.25) is 5.02 Å². The van der Waals surface area contributed by atoms with Gasteiger partial charge in [0, 0.05) is 12.2 Å². The molecule has 20 heavy (non-hydrogen) atoms. The first-order valence-electron chi connectivity index (χ1n) is 6.54. The lowest BCUT2D eigenvalue weighted by Gasteiger charge is -2.17. The van der Waals surface area contributed by atoms with E-state index in [1.165, 1.54) is 0 Å². The summed E-state index contributed by atoms with van der Waals surface area (Å²) in [5, 5.41) is 3.31. The van der Waals surface area contributed by atoms with E-state index in [9.17, 15) is 4.79 Å². The Hall–Kier alpha value is -1.17. The molecule has 0 saturated carbocycles. The Morgan fingerprint density at radius 3 is 3.00 bits per heavy atom. The summed E-state index contributed by atoms with van der Waals surface area (Å²) in [7, 11) is 0. The number of amides is 1. The third-order valence-corrected chi connectivity index (χ3v) is 4.02. The van der Waals surface area contributed by atoms with Crippen molar-refractivity contribution in [2.24, 2.45) is 11.7 Å². The van der Waals surface area contributed by atoms with Crippen LogP contribution >= 0.6 is 23.8 Å². The minimum Gasteiger partial charge on any atom is -0.389 e. The maximum absolute atomic E-state index is 12.3. The van der Waals surface area contributed by atoms with Crippen molar-refractivity contribution >= 4 is 40.4 Å². The van der Waals surface area contributed by atoms with Crippen LogP contribution < -0.4 is 11.1 Å². The zero-order valence-corrected chi connectivity index (χ0v) is 12.8. The summed E-state index contributed by atoms with van der Waals surface area (Å²) in [6.45, 7) is 2.63. The first-order valence-corrected chi connectivity index (χ1v) is 7.33. The molecule has 1 heterocycles. The number of halogens is 1. The van der Waals surface area contributed by atoms with Crippen LogP contribution in [0.3, 0.4) is 0 Å². The molecule has 0 bridgehead atoms. The van der Waals surface area contributed by atoms with Crippen molar-refractivity contribution in [3.8, 4) is 0 Å². The number of carbonyl (C=O) groups is 1. The van der Waals surface area contributed by atoms with Crippen molar-refractivity contribution in [2.75, 3.05) is 11.9 Å². The van der Waals surface area contributed by atoms with Gasteiger partial charge in [-0.25, -0.2) is 0 Å². The number of rotatable bonds is 4. The van der Waals surface area contributed by atoms with E-state index in [1.807, 2.05) is 6.92 Å². The van der Waals surface area contributed by atoms with Gasteiger partial charge >= 0.3 is 0 Å². The van der Waals surface area contributed by atoms with Crippen LogP contribution in [0.4, 0.5) is 5.69 Å². The summed E-state index contributed by atoms with van der Waals surface area (Å²) in [4.78, 5) is 12.6. The molecule has 2 rings (SSSR count). The molecule has 6 heteroatoms. The Kier molecular flexibility index (Phi) is 4.96. The zero-order valence-electron chi connectivity index (χ0n) is 11.2. The van der Waals surface area contributed by atoms with Gasteiger partial charge in [0.2, 0.25) is 5.91 Å². The zero-order chi connectivity index (χ0) is 14.7. The minimum atomic E-state index is -0.135. The van der Waals surface area contributed by atoms with Crippen molar-refractivity contribution in [3.05, 3.63) is 28.8 Å². The van der Waals surface area contributed by atoms with Gasteiger partial charge in [-0.1, -0.05) is 36.8 Å². The van der Waals surface area contributed by atoms with Crippen LogP contribution in [-0.4, -0.2) is 23.6 Å². The van der Waals surface area contributed by atoms with Crippen LogP contribution in [-0.2, 0) is 9.53 Å². The Morgan fingerprint density at radius 1 is 1.60 bits per heavy atom. The Bertz CT molecular complexity index is 536. The summed E-state index contributed by atoms with van der Waals surface area (Å²) in [5.74, 6) is -0.208. The minimum absolute atomic E-state index is 0.0208. The van der Waals surface area contributed by atoms with Gasteiger partial charge in [0.1, 0.15) is 4.99 Å². The summed E-state index contributed by atoms with van der Waals surface area (Å²) >= 11 is 11.0. The monoisotopic (exact) mass is 312 g/mol. The SMILES string of the molecule is CCC1OCCC1C(=O)Nc1cc(C(N)=S)ccc1Cl. The second-order valence-electron chi connectivity index (χ2n) is 4.76. The predicted octanol–water partition coefficient (Wildman–Crippen LogP) is 2.73. The molecule has 2 unspecified atom stereocenters. The molecule has 1 amide bonds. The van der Waals surface area contributed by atoms with Crippen LogP contribution in [0, 0.1) is 5.92 Å². The van der Waals surface area contributed by atoms with E-state index >= 15 is 0 Å². The van der Waals surface area contributed by atoms with E-state index in [1.54, 1.807) is 18.2 Å². The molecule has 1 aliphatic rings. The van der Waals surface area contributed by atoms with E-state index in [2.05, 4.69) is 5.32 Å². The van der Waals surface area contributed by atoms with Gasteiger partial charge in [-0.15, -0.1) is 0 Å². The van der Waals surface area contributed by atoms with Crippen molar-refractivity contribution in [1.82, 2.24) is 0 Å². The predicted molar refractivity (Wildman–Crippen MR) is 84.1 cm³/mol. The lowest BCUT2D eigenvalue weighted by molar-refractivity contribution is -0.121. The molecule has 1 saturated heterocycles. The van der Waals surface area contributed by atoms with Gasteiger partial charge in [-0.3, -0.25) is 4.79 Å². The van der Waals surface area contributed by atoms with Gasteiger partial charge in [-0.05, 0) is 25.0 Å². The third kappa shape index (κ3) is 3.29. The smallest absolute Gasteiger partial charge is 0.230 e. The molecule has 108 valence electrons. The Balaban J connectivity index is 2.15. The number of nitrogens with two attached hydrogens (primary N) is 1. The van der Waals surface area contributed by atoms with Gasteiger partial charge < -0.3 is 15.8 Å². The van der Waals surface area contributed by atoms with Crippen LogP contribution in [0.25, 0.3) is 0 Å². The number of anilines is 1. The number of nitrogens with one attached hydrogen (secondary N) is 1. The number of ether oxygens (including phenoxy) is 1. The second-order valence-corrected chi connectivity index (χ2v) is 5.61. The summed E-state index contributed by atoms with van der Waals surface area (Å²) in [6.07, 6.45) is 1.53. The fourth-order valence-electron chi connectivity index (χ4n) is 2.35. The summed E-state index contributed by atoms with van der Waals surface area (Å²) < 4.78 is 5.53. The van der Waals surface area contributed by atoms with Gasteiger partial charge in [0.05, 0.1) is 22.7 Å². The van der Waals surface area contributed by atoms with Crippen molar-refractivity contribution in [2.45, 2.75) is 25.9 Å². The molecule has 1 aliphatic heterocycles. The van der Waals surface area contributed by atoms with Gasteiger partial charge in [-0.2, -0.15) is 0 Å². The van der Waals surface area contributed by atoms with Crippen molar-refractivity contribution < 1.29 is 9.53 Å². The molecule has 4 nitrogen and oxygen atoms in total. The topological polar surface area (TPSA) is 64.3 Å². The molecule has 0 spiro atoms. The Labute approximate surface area is 128 Å². The average molecular weight is 313 g/mol. The molecule has 3 N–H and O–H groups in total. The fraction of sp³-hybridized carbons (Fsp3) is 0.429. The molecular weight excluding hydrogens is 296 g/mol. The van der Waals surface area contributed by atoms with Crippen LogP contribution in [0.5, 0.6) is 0 Å². The number of benzene rings is 1. The number of thiocarbonyl (C=S) groups is 1. The quantitative estimate of drug-likeness (QED) is 0.839. The molecule has 2 atom stereocenters. The normalized spacial score (nSPS) is 21.7. The van der Waals surface area contributed by atoms with E-state index in [0.717, 1.165) is 12.8 Å². The van der Waals surface area contributed by atoms with Crippen molar-refractivity contribution in [1.29, 1.82) is 0 Å². The van der Waals surface area contributed by atoms with Gasteiger partial charge in [0.25, 0.3) is 0 Å². The summed E-state index contributed by atoms with van der Waals surface area (Å²) in [5.41, 5.74) is 6.79. The first kappa shape index (κ1) is 15.2. The second kappa shape index (κ2) is 6.52. The van der Waals surface area contributed by atoms with E-state index < -0.39 is 0 Å². The maximum Gasteiger partial charge on any atom is 0.230 e. The van der Waals surface area contributed by atoms with Crippen molar-refractivity contribution in [3.63, 3.8) is 0 Å². The highest BCUT2D eigenvalue weighted by atomic mass is 35.5. The van der Waals surface area contributed by atoms with E-state index in [0.29, 0.717) is 22.9 Å². The number of hydrogen-bond acceptors (Lipinski definition) is 3. The Morgan fingerprint density at radius 2 is 2.35 bits per heavy atom. The molecule has 0 radical (unpaired) electrons. The molecular formula is C14H17ClN2O2S. The first-order chi connectivity index (χ1) is 9.52. The number of hydrogen-bond donors (Lipinski definition) is 2. The highest BCUT2D eigenvalue weighted by molar-refractivity contribution is 7.80. The largest absolute Gasteiger partial charge is 0.389 e. The maximum atomic E-state index is 12.3. The standard InChI is InChI=1S/C14H17ClN2O2S/c1-2-12-9(5-6-19-12)14(18)17-11-7-8(13(16)20)3-4-10(11)15/h3-4,7,9,12H,2,5-6H2,1H3,(H2,16,20)(H,17,18). The highest BCUT2D eigenvalue weighted by Crippen LogP contribution is 2.28. The lowest BCUT2D eigenvalue weighted by Crippen LogP contribution is -2.29. The number of carbonyl (C=O) groups excluding carboxylic acids is 1. The fourth-order valence-corrected chi connectivity index (χ4v) is 2.64. The molecule has 1 aromatic carbocycles. The molecule has 0 aliphatic carbocycles. The van der Waals surface area contributed by atoms with Crippen LogP contribution in [0.15, 0.2) is 18.2 Å². The molecule has 1 aromatic rings. The lowest BCUT2D eigenvalue weighted by atomic mass is 9.98. The third-order valence-electron chi connectivity index (χ3n) is 3.46. The van der Waals surface area contributed by atoms with E-state index in [-0.39, 0.29) is 22.9 Å². The summed E-state index contributed by atoms with van der Waals surface area (Å²) in [6, 6.07) is 5.10.